The van der Waals surface area contributed by atoms with Gasteiger partial charge in [0.2, 0.25) is 0 Å². The molecule has 0 atom stereocenters. The van der Waals surface area contributed by atoms with Crippen molar-refractivity contribution in [2.45, 2.75) is 27.0 Å². The highest BCUT2D eigenvalue weighted by molar-refractivity contribution is 9.10. The first-order chi connectivity index (χ1) is 10.8. The summed E-state index contributed by atoms with van der Waals surface area (Å²) in [6, 6.07) is 4.76. The highest BCUT2D eigenvalue weighted by atomic mass is 79.9. The predicted molar refractivity (Wildman–Crippen MR) is 84.5 cm³/mol. The van der Waals surface area contributed by atoms with E-state index < -0.39 is 17.2 Å². The van der Waals surface area contributed by atoms with E-state index in [0.717, 1.165) is 12.1 Å². The van der Waals surface area contributed by atoms with E-state index in [1.54, 1.807) is 13.0 Å². The molecule has 0 bridgehead atoms. The van der Waals surface area contributed by atoms with Gasteiger partial charge < -0.3 is 9.30 Å². The number of halogens is 3. The number of rotatable bonds is 5. The third-order valence-electron chi connectivity index (χ3n) is 3.19. The Kier molecular flexibility index (Phi) is 5.30. The fourth-order valence-electron chi connectivity index (χ4n) is 2.03. The van der Waals surface area contributed by atoms with Gasteiger partial charge in [-0.2, -0.15) is 0 Å². The summed E-state index contributed by atoms with van der Waals surface area (Å²) in [6.45, 7) is 2.88. The van der Waals surface area contributed by atoms with Gasteiger partial charge in [0, 0.05) is 23.4 Å². The first-order valence-corrected chi connectivity index (χ1v) is 7.55. The monoisotopic (exact) mass is 385 g/mol. The molecule has 0 spiro atoms. The van der Waals surface area contributed by atoms with Gasteiger partial charge in [0.05, 0.1) is 6.54 Å². The molecule has 0 aliphatic rings. The van der Waals surface area contributed by atoms with Crippen molar-refractivity contribution in [2.24, 2.45) is 0 Å². The van der Waals surface area contributed by atoms with E-state index in [2.05, 4.69) is 15.9 Å². The Morgan fingerprint density at radius 2 is 2.00 bits per heavy atom. The Balaban J connectivity index is 2.27. The van der Waals surface area contributed by atoms with Crippen LogP contribution in [0.15, 0.2) is 33.5 Å². The molecular formula is C16H14BrF2NO3. The van der Waals surface area contributed by atoms with Crippen LogP contribution in [0.3, 0.4) is 0 Å². The van der Waals surface area contributed by atoms with Crippen molar-refractivity contribution in [1.82, 2.24) is 4.57 Å². The maximum absolute atomic E-state index is 13.6. The van der Waals surface area contributed by atoms with Gasteiger partial charge in [-0.05, 0) is 41.9 Å². The number of aryl methyl sites for hydroxylation is 1. The van der Waals surface area contributed by atoms with Crippen molar-refractivity contribution in [3.8, 4) is 5.75 Å². The first kappa shape index (κ1) is 17.3. The van der Waals surface area contributed by atoms with Gasteiger partial charge in [0.25, 0.3) is 5.56 Å². The molecule has 122 valence electrons. The van der Waals surface area contributed by atoms with Crippen molar-refractivity contribution >= 4 is 21.7 Å². The SMILES string of the molecule is CC(=O)Cn1c(C)cc(OCc2ccc(F)cc2F)c(Br)c1=O. The Hall–Kier alpha value is -2.02. The van der Waals surface area contributed by atoms with E-state index in [-0.39, 0.29) is 34.7 Å². The van der Waals surface area contributed by atoms with Crippen LogP contribution in [0, 0.1) is 18.6 Å². The molecule has 1 aromatic heterocycles. The lowest BCUT2D eigenvalue weighted by atomic mass is 10.2. The van der Waals surface area contributed by atoms with Crippen LogP contribution in [-0.4, -0.2) is 10.4 Å². The van der Waals surface area contributed by atoms with E-state index in [4.69, 9.17) is 4.74 Å². The third kappa shape index (κ3) is 4.04. The number of benzene rings is 1. The number of ketones is 1. The average molecular weight is 386 g/mol. The first-order valence-electron chi connectivity index (χ1n) is 6.75. The van der Waals surface area contributed by atoms with E-state index in [0.29, 0.717) is 5.69 Å². The minimum Gasteiger partial charge on any atom is -0.487 e. The Morgan fingerprint density at radius 1 is 1.30 bits per heavy atom. The van der Waals surface area contributed by atoms with Crippen molar-refractivity contribution in [2.75, 3.05) is 0 Å². The van der Waals surface area contributed by atoms with Crippen molar-refractivity contribution in [3.05, 3.63) is 62.0 Å². The normalized spacial score (nSPS) is 10.7. The summed E-state index contributed by atoms with van der Waals surface area (Å²) in [4.78, 5) is 23.4. The van der Waals surface area contributed by atoms with Crippen LogP contribution in [0.1, 0.15) is 18.2 Å². The Morgan fingerprint density at radius 3 is 2.61 bits per heavy atom. The van der Waals surface area contributed by atoms with E-state index >= 15 is 0 Å². The molecule has 0 radical (unpaired) electrons. The summed E-state index contributed by atoms with van der Waals surface area (Å²) in [6.07, 6.45) is 0. The van der Waals surface area contributed by atoms with Crippen molar-refractivity contribution < 1.29 is 18.3 Å². The average Bonchev–Trinajstić information content (AvgIpc) is 2.47. The second kappa shape index (κ2) is 7.04. The lowest BCUT2D eigenvalue weighted by molar-refractivity contribution is -0.117. The maximum atomic E-state index is 13.6. The molecule has 23 heavy (non-hydrogen) atoms. The van der Waals surface area contributed by atoms with Crippen LogP contribution in [-0.2, 0) is 17.9 Å². The zero-order valence-corrected chi connectivity index (χ0v) is 14.1. The number of aromatic nitrogens is 1. The molecule has 7 heteroatoms. The van der Waals surface area contributed by atoms with Gasteiger partial charge >= 0.3 is 0 Å². The molecular weight excluding hydrogens is 372 g/mol. The van der Waals surface area contributed by atoms with E-state index in [9.17, 15) is 18.4 Å². The largest absolute Gasteiger partial charge is 0.487 e. The van der Waals surface area contributed by atoms with E-state index in [1.165, 1.54) is 17.6 Å². The van der Waals surface area contributed by atoms with Gasteiger partial charge in [-0.25, -0.2) is 8.78 Å². The summed E-state index contributed by atoms with van der Waals surface area (Å²) in [7, 11) is 0. The standard InChI is InChI=1S/C16H14BrF2NO3/c1-9-5-14(15(17)16(22)20(9)7-10(2)21)23-8-11-3-4-12(18)6-13(11)19/h3-6H,7-8H2,1-2H3. The molecule has 0 N–H and O–H groups in total. The molecule has 0 aliphatic heterocycles. The minimum atomic E-state index is -0.720. The summed E-state index contributed by atoms with van der Waals surface area (Å²) in [5, 5.41) is 0. The van der Waals surface area contributed by atoms with Crippen LogP contribution >= 0.6 is 15.9 Å². The second-order valence-corrected chi connectivity index (χ2v) is 5.87. The van der Waals surface area contributed by atoms with Crippen LogP contribution in [0.5, 0.6) is 5.75 Å². The quantitative estimate of drug-likeness (QED) is 0.792. The molecule has 0 amide bonds. The number of nitrogens with zero attached hydrogens (tertiary/aromatic N) is 1. The molecule has 4 nitrogen and oxygen atoms in total. The molecule has 0 aliphatic carbocycles. The molecule has 1 aromatic carbocycles. The van der Waals surface area contributed by atoms with Crippen molar-refractivity contribution in [1.29, 1.82) is 0 Å². The number of pyridine rings is 1. The topological polar surface area (TPSA) is 48.3 Å². The number of carbonyl (C=O) groups is 1. The van der Waals surface area contributed by atoms with Crippen LogP contribution < -0.4 is 10.3 Å². The lowest BCUT2D eigenvalue weighted by Crippen LogP contribution is -2.26. The smallest absolute Gasteiger partial charge is 0.269 e. The highest BCUT2D eigenvalue weighted by Gasteiger charge is 2.14. The van der Waals surface area contributed by atoms with E-state index in [1.807, 2.05) is 0 Å². The summed E-state index contributed by atoms with van der Waals surface area (Å²) < 4.78 is 33.4. The highest BCUT2D eigenvalue weighted by Crippen LogP contribution is 2.24. The second-order valence-electron chi connectivity index (χ2n) is 5.08. The lowest BCUT2D eigenvalue weighted by Gasteiger charge is -2.13. The number of carbonyl (C=O) groups excluding carboxylic acids is 1. The van der Waals surface area contributed by atoms with Gasteiger partial charge in [0.1, 0.15) is 34.2 Å². The molecule has 0 fully saturated rings. The number of hydrogen-bond donors (Lipinski definition) is 0. The molecule has 1 heterocycles. The molecule has 0 unspecified atom stereocenters. The van der Waals surface area contributed by atoms with Crippen LogP contribution in [0.2, 0.25) is 0 Å². The number of Topliss-reactive ketones (excluding diaryl/α,β-unsaturated/α-hetero) is 1. The predicted octanol–water partition coefficient (Wildman–Crippen LogP) is 3.37. The minimum absolute atomic E-state index is 0.0316. The number of ether oxygens (including phenoxy) is 1. The van der Waals surface area contributed by atoms with Crippen LogP contribution in [0.25, 0.3) is 0 Å². The molecule has 0 saturated heterocycles. The van der Waals surface area contributed by atoms with Gasteiger partial charge in [-0.15, -0.1) is 0 Å². The fraction of sp³-hybridized carbons (Fsp3) is 0.250. The van der Waals surface area contributed by atoms with Crippen LogP contribution in [0.4, 0.5) is 8.78 Å². The van der Waals surface area contributed by atoms with Gasteiger partial charge in [-0.3, -0.25) is 9.59 Å². The zero-order chi connectivity index (χ0) is 17.1. The molecule has 0 saturated carbocycles. The summed E-state index contributed by atoms with van der Waals surface area (Å²) in [5.41, 5.74) is 0.307. The third-order valence-corrected chi connectivity index (χ3v) is 3.92. The Bertz CT molecular complexity index is 818. The van der Waals surface area contributed by atoms with Gasteiger partial charge in [0.15, 0.2) is 0 Å². The summed E-state index contributed by atoms with van der Waals surface area (Å²) in [5.74, 6) is -1.31. The number of hydrogen-bond acceptors (Lipinski definition) is 3. The molecule has 2 rings (SSSR count). The maximum Gasteiger partial charge on any atom is 0.269 e. The molecule has 2 aromatic rings. The zero-order valence-electron chi connectivity index (χ0n) is 12.5. The van der Waals surface area contributed by atoms with Crippen molar-refractivity contribution in [3.63, 3.8) is 0 Å². The fourth-order valence-corrected chi connectivity index (χ4v) is 2.48. The summed E-state index contributed by atoms with van der Waals surface area (Å²) >= 11 is 3.14. The Labute approximate surface area is 139 Å². The van der Waals surface area contributed by atoms with Gasteiger partial charge in [-0.1, -0.05) is 0 Å².